The van der Waals surface area contributed by atoms with Crippen LogP contribution in [0.5, 0.6) is 0 Å². The first-order valence-electron chi connectivity index (χ1n) is 7.16. The molecule has 116 valence electrons. The monoisotopic (exact) mass is 310 g/mol. The minimum atomic E-state index is -0.643. The summed E-state index contributed by atoms with van der Waals surface area (Å²) in [5.41, 5.74) is 1.36. The van der Waals surface area contributed by atoms with E-state index in [0.717, 1.165) is 5.56 Å². The lowest BCUT2D eigenvalue weighted by Crippen LogP contribution is -2.33. The number of hydroxylamine groups is 2. The third-order valence-corrected chi connectivity index (χ3v) is 3.68. The van der Waals surface area contributed by atoms with Crippen molar-refractivity contribution in [2.75, 3.05) is 0 Å². The maximum atomic E-state index is 12.1. The van der Waals surface area contributed by atoms with Gasteiger partial charge in [-0.05, 0) is 29.7 Å². The molecule has 1 aliphatic rings. The Morgan fingerprint density at radius 1 is 1.13 bits per heavy atom. The van der Waals surface area contributed by atoms with Gasteiger partial charge >= 0.3 is 5.97 Å². The van der Waals surface area contributed by atoms with E-state index in [1.54, 1.807) is 30.6 Å². The van der Waals surface area contributed by atoms with Gasteiger partial charge in [0.1, 0.15) is 0 Å². The molecule has 0 saturated heterocycles. The summed E-state index contributed by atoms with van der Waals surface area (Å²) < 4.78 is 0. The molecule has 2 aromatic rings. The number of amides is 2. The standard InChI is InChI=1S/C17H14N2O4/c1-11(12-5-4-8-18-10-12)9-15(20)23-19-16(21)13-6-2-3-7-14(13)17(19)22/h2-8,10-11H,9H2,1H3. The van der Waals surface area contributed by atoms with E-state index in [9.17, 15) is 14.4 Å². The van der Waals surface area contributed by atoms with Gasteiger partial charge in [0, 0.05) is 12.4 Å². The summed E-state index contributed by atoms with van der Waals surface area (Å²) in [7, 11) is 0. The maximum Gasteiger partial charge on any atom is 0.333 e. The number of nitrogens with zero attached hydrogens (tertiary/aromatic N) is 2. The van der Waals surface area contributed by atoms with Gasteiger partial charge < -0.3 is 4.84 Å². The molecule has 2 heterocycles. The second kappa shape index (κ2) is 6.00. The highest BCUT2D eigenvalue weighted by Gasteiger charge is 2.38. The fourth-order valence-electron chi connectivity index (χ4n) is 2.42. The minimum Gasteiger partial charge on any atom is -0.330 e. The quantitative estimate of drug-likeness (QED) is 0.810. The van der Waals surface area contributed by atoms with Crippen molar-refractivity contribution in [1.82, 2.24) is 10.0 Å². The lowest BCUT2D eigenvalue weighted by atomic mass is 10.00. The van der Waals surface area contributed by atoms with Crippen LogP contribution < -0.4 is 0 Å². The van der Waals surface area contributed by atoms with Crippen molar-refractivity contribution >= 4 is 17.8 Å². The molecule has 1 aromatic heterocycles. The number of rotatable bonds is 4. The molecule has 2 amide bonds. The number of carbonyl (C=O) groups excluding carboxylic acids is 3. The summed E-state index contributed by atoms with van der Waals surface area (Å²) in [6, 6.07) is 10.00. The third kappa shape index (κ3) is 2.83. The summed E-state index contributed by atoms with van der Waals surface area (Å²) >= 11 is 0. The zero-order chi connectivity index (χ0) is 16.4. The van der Waals surface area contributed by atoms with Crippen LogP contribution in [0.2, 0.25) is 0 Å². The fourth-order valence-corrected chi connectivity index (χ4v) is 2.42. The van der Waals surface area contributed by atoms with E-state index in [4.69, 9.17) is 4.84 Å². The van der Waals surface area contributed by atoms with Crippen molar-refractivity contribution < 1.29 is 19.2 Å². The molecule has 1 aromatic carbocycles. The van der Waals surface area contributed by atoms with Crippen molar-refractivity contribution in [3.8, 4) is 0 Å². The van der Waals surface area contributed by atoms with E-state index < -0.39 is 17.8 Å². The zero-order valence-electron chi connectivity index (χ0n) is 12.4. The van der Waals surface area contributed by atoms with Gasteiger partial charge in [0.25, 0.3) is 11.8 Å². The van der Waals surface area contributed by atoms with Gasteiger partial charge in [0.2, 0.25) is 0 Å². The first-order chi connectivity index (χ1) is 11.1. The third-order valence-electron chi connectivity index (χ3n) is 3.68. The molecule has 0 radical (unpaired) electrons. The average molecular weight is 310 g/mol. The molecule has 1 aliphatic heterocycles. The lowest BCUT2D eigenvalue weighted by molar-refractivity contribution is -0.168. The van der Waals surface area contributed by atoms with Crippen LogP contribution in [0, 0.1) is 0 Å². The van der Waals surface area contributed by atoms with Crippen molar-refractivity contribution in [2.24, 2.45) is 0 Å². The average Bonchev–Trinajstić information content (AvgIpc) is 2.81. The Morgan fingerprint density at radius 3 is 2.35 bits per heavy atom. The van der Waals surface area contributed by atoms with Crippen molar-refractivity contribution in [1.29, 1.82) is 0 Å². The summed E-state index contributed by atoms with van der Waals surface area (Å²) in [5, 5.41) is 0.531. The molecule has 0 aliphatic carbocycles. The van der Waals surface area contributed by atoms with E-state index in [0.29, 0.717) is 5.06 Å². The molecule has 6 heteroatoms. The number of hydrogen-bond acceptors (Lipinski definition) is 5. The second-order valence-corrected chi connectivity index (χ2v) is 5.31. The molecule has 0 N–H and O–H groups in total. The Kier molecular flexibility index (Phi) is 3.89. The fraction of sp³-hybridized carbons (Fsp3) is 0.176. The molecule has 23 heavy (non-hydrogen) atoms. The largest absolute Gasteiger partial charge is 0.333 e. The second-order valence-electron chi connectivity index (χ2n) is 5.31. The van der Waals surface area contributed by atoms with Crippen LogP contribution in [0.1, 0.15) is 45.5 Å². The number of aromatic nitrogens is 1. The van der Waals surface area contributed by atoms with E-state index in [2.05, 4.69) is 4.98 Å². The Labute approximate surface area is 132 Å². The minimum absolute atomic E-state index is 0.0408. The predicted octanol–water partition coefficient (Wildman–Crippen LogP) is 2.33. The SMILES string of the molecule is CC(CC(=O)ON1C(=O)c2ccccc2C1=O)c1cccnc1. The molecule has 1 atom stereocenters. The summed E-state index contributed by atoms with van der Waals surface area (Å²) in [4.78, 5) is 45.3. The number of fused-ring (bicyclic) bond motifs is 1. The highest BCUT2D eigenvalue weighted by molar-refractivity contribution is 6.20. The normalized spacial score (nSPS) is 14.6. The number of pyridine rings is 1. The smallest absolute Gasteiger partial charge is 0.330 e. The number of imide groups is 1. The Morgan fingerprint density at radius 2 is 1.78 bits per heavy atom. The highest BCUT2D eigenvalue weighted by atomic mass is 16.7. The summed E-state index contributed by atoms with van der Waals surface area (Å²) in [6.07, 6.45) is 3.35. The van der Waals surface area contributed by atoms with Gasteiger partial charge in [0.15, 0.2) is 0 Å². The van der Waals surface area contributed by atoms with Crippen molar-refractivity contribution in [2.45, 2.75) is 19.3 Å². The first kappa shape index (κ1) is 14.9. The van der Waals surface area contributed by atoms with Crippen LogP contribution in [0.15, 0.2) is 48.8 Å². The van der Waals surface area contributed by atoms with Gasteiger partial charge in [0.05, 0.1) is 17.5 Å². The van der Waals surface area contributed by atoms with Gasteiger partial charge in [-0.15, -0.1) is 0 Å². The van der Waals surface area contributed by atoms with Crippen LogP contribution in [0.25, 0.3) is 0 Å². The topological polar surface area (TPSA) is 76.6 Å². The number of hydrogen-bond donors (Lipinski definition) is 0. The van der Waals surface area contributed by atoms with Gasteiger partial charge in [-0.1, -0.05) is 30.2 Å². The van der Waals surface area contributed by atoms with Gasteiger partial charge in [-0.2, -0.15) is 0 Å². The van der Waals surface area contributed by atoms with Crippen LogP contribution in [-0.4, -0.2) is 27.8 Å². The van der Waals surface area contributed by atoms with E-state index in [1.165, 1.54) is 12.1 Å². The molecular formula is C17H14N2O4. The molecule has 0 saturated carbocycles. The van der Waals surface area contributed by atoms with Crippen LogP contribution in [0.4, 0.5) is 0 Å². The zero-order valence-corrected chi connectivity index (χ0v) is 12.4. The van der Waals surface area contributed by atoms with E-state index >= 15 is 0 Å². The molecule has 3 rings (SSSR count). The van der Waals surface area contributed by atoms with Gasteiger partial charge in [-0.3, -0.25) is 14.6 Å². The molecule has 0 bridgehead atoms. The first-order valence-corrected chi connectivity index (χ1v) is 7.16. The lowest BCUT2D eigenvalue weighted by Gasteiger charge is -2.15. The number of carbonyl (C=O) groups is 3. The summed E-state index contributed by atoms with van der Waals surface area (Å²) in [6.45, 7) is 1.85. The van der Waals surface area contributed by atoms with E-state index in [-0.39, 0.29) is 23.5 Å². The molecule has 1 unspecified atom stereocenters. The maximum absolute atomic E-state index is 12.1. The summed E-state index contributed by atoms with van der Waals surface area (Å²) in [5.74, 6) is -2.01. The van der Waals surface area contributed by atoms with Crippen LogP contribution in [-0.2, 0) is 9.63 Å². The highest BCUT2D eigenvalue weighted by Crippen LogP contribution is 2.24. The van der Waals surface area contributed by atoms with Crippen molar-refractivity contribution in [3.05, 3.63) is 65.5 Å². The van der Waals surface area contributed by atoms with Gasteiger partial charge in [-0.25, -0.2) is 4.79 Å². The molecule has 0 fully saturated rings. The van der Waals surface area contributed by atoms with E-state index in [1.807, 2.05) is 13.0 Å². The molecule has 0 spiro atoms. The predicted molar refractivity (Wildman–Crippen MR) is 80.3 cm³/mol. The van der Waals surface area contributed by atoms with Crippen LogP contribution >= 0.6 is 0 Å². The van der Waals surface area contributed by atoms with Crippen LogP contribution in [0.3, 0.4) is 0 Å². The van der Waals surface area contributed by atoms with Crippen molar-refractivity contribution in [3.63, 3.8) is 0 Å². The Balaban J connectivity index is 1.68. The number of benzene rings is 1. The molecular weight excluding hydrogens is 296 g/mol. The Hall–Kier alpha value is -3.02. The molecule has 6 nitrogen and oxygen atoms in total. The Bertz CT molecular complexity index is 738.